The zero-order chi connectivity index (χ0) is 9.28. The first kappa shape index (κ1) is 13.5. The van der Waals surface area contributed by atoms with E-state index in [9.17, 15) is 0 Å². The number of likely N-dealkylation sites (tertiary alicyclic amines) is 1. The molecular formula is C9H24N2. The molecule has 0 amide bonds. The molecule has 11 heavy (non-hydrogen) atoms. The maximum Gasteiger partial charge on any atom is 0.0179 e. The minimum Gasteiger partial charge on any atom is -0.326 e. The maximum atomic E-state index is 5.58. The zero-order valence-electron chi connectivity index (χ0n) is 8.72. The molecule has 1 rings (SSSR count). The molecule has 1 fully saturated rings. The van der Waals surface area contributed by atoms with E-state index in [0.717, 1.165) is 6.54 Å². The maximum absolute atomic E-state index is 5.58. The summed E-state index contributed by atoms with van der Waals surface area (Å²) in [7, 11) is 2.10. The third-order valence-corrected chi connectivity index (χ3v) is 1.43. The molecule has 0 aromatic heterocycles. The Bertz CT molecular complexity index is 56.6. The lowest BCUT2D eigenvalue weighted by Crippen LogP contribution is -2.23. The number of nitrogens with two attached hydrogens (primary N) is 1. The van der Waals surface area contributed by atoms with E-state index >= 15 is 0 Å². The van der Waals surface area contributed by atoms with Gasteiger partial charge in [-0.15, -0.1) is 0 Å². The van der Waals surface area contributed by atoms with E-state index in [2.05, 4.69) is 11.9 Å². The Morgan fingerprint density at radius 3 is 1.73 bits per heavy atom. The van der Waals surface area contributed by atoms with Crippen LogP contribution in [0.5, 0.6) is 0 Å². The van der Waals surface area contributed by atoms with Crippen molar-refractivity contribution < 1.29 is 0 Å². The van der Waals surface area contributed by atoms with Crippen LogP contribution in [0.25, 0.3) is 0 Å². The quantitative estimate of drug-likeness (QED) is 0.584. The molecule has 1 heterocycles. The molecule has 1 aliphatic heterocycles. The lowest BCUT2D eigenvalue weighted by Gasteiger charge is -2.03. The van der Waals surface area contributed by atoms with Gasteiger partial charge in [-0.1, -0.05) is 27.7 Å². The molecule has 0 radical (unpaired) electrons. The van der Waals surface area contributed by atoms with Gasteiger partial charge >= 0.3 is 0 Å². The largest absolute Gasteiger partial charge is 0.326 e. The molecule has 70 valence electrons. The van der Waals surface area contributed by atoms with Crippen LogP contribution in [0.2, 0.25) is 0 Å². The highest BCUT2D eigenvalue weighted by Gasteiger charge is 2.13. The molecular weight excluding hydrogens is 136 g/mol. The van der Waals surface area contributed by atoms with E-state index in [1.54, 1.807) is 0 Å². The average Bonchev–Trinajstić information content (AvgIpc) is 2.43. The normalized spacial score (nSPS) is 22.9. The molecule has 2 nitrogen and oxygen atoms in total. The van der Waals surface area contributed by atoms with Crippen LogP contribution in [0, 0.1) is 0 Å². The van der Waals surface area contributed by atoms with Crippen molar-refractivity contribution >= 4 is 0 Å². The monoisotopic (exact) mass is 160 g/mol. The van der Waals surface area contributed by atoms with Crippen LogP contribution < -0.4 is 5.73 Å². The molecule has 0 spiro atoms. The Morgan fingerprint density at radius 1 is 1.18 bits per heavy atom. The summed E-state index contributed by atoms with van der Waals surface area (Å²) >= 11 is 0. The van der Waals surface area contributed by atoms with Crippen molar-refractivity contribution in [1.82, 2.24) is 4.90 Å². The summed E-state index contributed by atoms with van der Waals surface area (Å²) in [5.41, 5.74) is 5.58. The third kappa shape index (κ3) is 7.82. The van der Waals surface area contributed by atoms with Crippen molar-refractivity contribution in [2.45, 2.75) is 40.2 Å². The van der Waals surface area contributed by atoms with Crippen molar-refractivity contribution in [3.05, 3.63) is 0 Å². The Labute approximate surface area is 71.8 Å². The third-order valence-electron chi connectivity index (χ3n) is 1.43. The summed E-state index contributed by atoms with van der Waals surface area (Å²) in [6, 6.07) is 0.449. The highest BCUT2D eigenvalue weighted by molar-refractivity contribution is 4.74. The van der Waals surface area contributed by atoms with Gasteiger partial charge in [0.2, 0.25) is 0 Å². The smallest absolute Gasteiger partial charge is 0.0179 e. The first-order valence-electron chi connectivity index (χ1n) is 4.73. The van der Waals surface area contributed by atoms with Gasteiger partial charge < -0.3 is 10.6 Å². The van der Waals surface area contributed by atoms with Crippen LogP contribution in [0.1, 0.15) is 34.1 Å². The molecule has 0 aromatic carbocycles. The molecule has 0 unspecified atom stereocenters. The van der Waals surface area contributed by atoms with Crippen LogP contribution in [0.3, 0.4) is 0 Å². The fourth-order valence-corrected chi connectivity index (χ4v) is 0.969. The van der Waals surface area contributed by atoms with Crippen LogP contribution in [-0.2, 0) is 0 Å². The van der Waals surface area contributed by atoms with E-state index in [1.807, 2.05) is 27.7 Å². The van der Waals surface area contributed by atoms with Gasteiger partial charge in [0.15, 0.2) is 0 Å². The van der Waals surface area contributed by atoms with Gasteiger partial charge in [0.1, 0.15) is 0 Å². The minimum atomic E-state index is 0.449. The van der Waals surface area contributed by atoms with Crippen molar-refractivity contribution in [2.75, 3.05) is 20.1 Å². The van der Waals surface area contributed by atoms with Gasteiger partial charge in [0.25, 0.3) is 0 Å². The van der Waals surface area contributed by atoms with E-state index in [4.69, 9.17) is 5.73 Å². The molecule has 1 aliphatic rings. The van der Waals surface area contributed by atoms with Crippen LogP contribution in [0.15, 0.2) is 0 Å². The van der Waals surface area contributed by atoms with Crippen molar-refractivity contribution in [3.8, 4) is 0 Å². The van der Waals surface area contributed by atoms with Gasteiger partial charge in [-0.05, 0) is 20.0 Å². The van der Waals surface area contributed by atoms with E-state index in [-0.39, 0.29) is 0 Å². The van der Waals surface area contributed by atoms with Crippen LogP contribution in [0.4, 0.5) is 0 Å². The first-order valence-corrected chi connectivity index (χ1v) is 4.73. The zero-order valence-corrected chi connectivity index (χ0v) is 8.72. The number of hydrogen-bond donors (Lipinski definition) is 1. The Kier molecular flexibility index (Phi) is 12.2. The average molecular weight is 160 g/mol. The summed E-state index contributed by atoms with van der Waals surface area (Å²) in [6.07, 6.45) is 1.18. The highest BCUT2D eigenvalue weighted by Crippen LogP contribution is 2.01. The van der Waals surface area contributed by atoms with E-state index in [0.29, 0.717) is 6.04 Å². The standard InChI is InChI=1S/C5H12N2.2C2H6/c1-7-3-2-5(6)4-7;2*1-2/h5H,2-4,6H2,1H3;2*1-2H3/t5-;;/m1../s1. The number of likely N-dealkylation sites (N-methyl/N-ethyl adjacent to an activating group) is 1. The highest BCUT2D eigenvalue weighted by atomic mass is 15.1. The van der Waals surface area contributed by atoms with Crippen LogP contribution in [-0.4, -0.2) is 31.1 Å². The molecule has 1 atom stereocenters. The number of nitrogens with zero attached hydrogens (tertiary/aromatic N) is 1. The topological polar surface area (TPSA) is 29.3 Å². The van der Waals surface area contributed by atoms with Gasteiger partial charge in [0, 0.05) is 12.6 Å². The number of hydrogen-bond acceptors (Lipinski definition) is 2. The van der Waals surface area contributed by atoms with E-state index in [1.165, 1.54) is 13.0 Å². The summed E-state index contributed by atoms with van der Waals surface area (Å²) in [4.78, 5) is 2.25. The fourth-order valence-electron chi connectivity index (χ4n) is 0.969. The minimum absolute atomic E-state index is 0.449. The molecule has 2 heteroatoms. The van der Waals surface area contributed by atoms with E-state index < -0.39 is 0 Å². The molecule has 0 bridgehead atoms. The Morgan fingerprint density at radius 2 is 1.64 bits per heavy atom. The summed E-state index contributed by atoms with van der Waals surface area (Å²) in [5, 5.41) is 0. The second-order valence-electron chi connectivity index (χ2n) is 2.31. The second-order valence-corrected chi connectivity index (χ2v) is 2.31. The van der Waals surface area contributed by atoms with Crippen molar-refractivity contribution in [1.29, 1.82) is 0 Å². The van der Waals surface area contributed by atoms with Gasteiger partial charge in [-0.3, -0.25) is 0 Å². The Balaban J connectivity index is 0. The summed E-state index contributed by atoms with van der Waals surface area (Å²) in [5.74, 6) is 0. The van der Waals surface area contributed by atoms with Gasteiger partial charge in [0.05, 0.1) is 0 Å². The lowest BCUT2D eigenvalue weighted by molar-refractivity contribution is 0.411. The predicted molar refractivity (Wildman–Crippen MR) is 52.8 cm³/mol. The van der Waals surface area contributed by atoms with Crippen LogP contribution >= 0.6 is 0 Å². The SMILES string of the molecule is CC.CC.CN1CC[C@@H](N)C1. The molecule has 0 aliphatic carbocycles. The summed E-state index contributed by atoms with van der Waals surface area (Å²) in [6.45, 7) is 10.3. The molecule has 0 aromatic rings. The van der Waals surface area contributed by atoms with Crippen molar-refractivity contribution in [3.63, 3.8) is 0 Å². The van der Waals surface area contributed by atoms with Crippen molar-refractivity contribution in [2.24, 2.45) is 5.73 Å². The fraction of sp³-hybridized carbons (Fsp3) is 1.00. The van der Waals surface area contributed by atoms with Gasteiger partial charge in [-0.2, -0.15) is 0 Å². The summed E-state index contributed by atoms with van der Waals surface area (Å²) < 4.78 is 0. The lowest BCUT2D eigenvalue weighted by atomic mass is 10.3. The second kappa shape index (κ2) is 9.92. The molecule has 1 saturated heterocycles. The molecule has 2 N–H and O–H groups in total. The Hall–Kier alpha value is -0.0800. The molecule has 0 saturated carbocycles. The van der Waals surface area contributed by atoms with Gasteiger partial charge in [-0.25, -0.2) is 0 Å². The first-order chi connectivity index (χ1) is 5.29. The number of rotatable bonds is 0. The predicted octanol–water partition coefficient (Wildman–Crippen LogP) is 1.70.